The largest absolute Gasteiger partial charge is 0.342 e. The van der Waals surface area contributed by atoms with Gasteiger partial charge in [-0.2, -0.15) is 0 Å². The summed E-state index contributed by atoms with van der Waals surface area (Å²) in [6.45, 7) is 5.53. The molecule has 1 aromatic carbocycles. The molecule has 0 bridgehead atoms. The lowest BCUT2D eigenvalue weighted by Crippen LogP contribution is -2.33. The Balaban J connectivity index is 0.00000208. The third-order valence-electron chi connectivity index (χ3n) is 5.52. The predicted octanol–water partition coefficient (Wildman–Crippen LogP) is 2.88. The van der Waals surface area contributed by atoms with Gasteiger partial charge in [-0.05, 0) is 50.2 Å². The second kappa shape index (κ2) is 7.66. The molecule has 3 atom stereocenters. The van der Waals surface area contributed by atoms with Gasteiger partial charge in [0, 0.05) is 37.5 Å². The predicted molar refractivity (Wildman–Crippen MR) is 97.5 cm³/mol. The number of Topliss-reactive ketones (excluding diaryl/α,β-unsaturated/α-hetero) is 1. The Morgan fingerprint density at radius 2 is 1.92 bits per heavy atom. The van der Waals surface area contributed by atoms with E-state index in [0.29, 0.717) is 24.7 Å². The van der Waals surface area contributed by atoms with Crippen LogP contribution in [0.25, 0.3) is 0 Å². The lowest BCUT2D eigenvalue weighted by Gasteiger charge is -2.18. The van der Waals surface area contributed by atoms with Crippen LogP contribution in [-0.2, 0) is 4.79 Å². The molecular weight excluding hydrogens is 324 g/mol. The van der Waals surface area contributed by atoms with Crippen LogP contribution >= 0.6 is 12.4 Å². The first-order chi connectivity index (χ1) is 11.0. The fourth-order valence-electron chi connectivity index (χ4n) is 4.06. The number of fused-ring (bicyclic) bond motifs is 1. The molecule has 5 heteroatoms. The Kier molecular flexibility index (Phi) is 6.05. The molecule has 2 N–H and O–H groups in total. The first kappa shape index (κ1) is 18.9. The molecule has 2 aliphatic rings. The number of hydrogen-bond acceptors (Lipinski definition) is 3. The highest BCUT2D eigenvalue weighted by Gasteiger charge is 2.42. The van der Waals surface area contributed by atoms with Crippen LogP contribution in [0, 0.1) is 25.7 Å². The first-order valence-electron chi connectivity index (χ1n) is 8.59. The molecule has 0 aromatic heterocycles. The van der Waals surface area contributed by atoms with E-state index in [2.05, 4.69) is 0 Å². The summed E-state index contributed by atoms with van der Waals surface area (Å²) in [5, 5.41) is 0. The number of ketones is 1. The molecule has 1 aliphatic carbocycles. The number of nitrogens with zero attached hydrogens (tertiary/aromatic N) is 1. The minimum atomic E-state index is 0. The average Bonchev–Trinajstić information content (AvgIpc) is 3.09. The third kappa shape index (κ3) is 3.81. The van der Waals surface area contributed by atoms with Crippen molar-refractivity contribution in [3.8, 4) is 0 Å². The maximum absolute atomic E-state index is 12.4. The van der Waals surface area contributed by atoms with Gasteiger partial charge in [-0.3, -0.25) is 9.59 Å². The van der Waals surface area contributed by atoms with Crippen molar-refractivity contribution in [2.24, 2.45) is 17.6 Å². The summed E-state index contributed by atoms with van der Waals surface area (Å²) >= 11 is 0. The molecule has 1 aromatic rings. The van der Waals surface area contributed by atoms with E-state index in [-0.39, 0.29) is 30.1 Å². The van der Waals surface area contributed by atoms with Crippen molar-refractivity contribution >= 4 is 24.1 Å². The highest BCUT2D eigenvalue weighted by Crippen LogP contribution is 2.37. The Labute approximate surface area is 150 Å². The van der Waals surface area contributed by atoms with Gasteiger partial charge >= 0.3 is 0 Å². The highest BCUT2D eigenvalue weighted by molar-refractivity contribution is 5.99. The molecular formula is C19H27ClN2O2. The molecule has 3 rings (SSSR count). The molecule has 1 amide bonds. The third-order valence-corrected chi connectivity index (χ3v) is 5.52. The molecule has 1 saturated carbocycles. The second-order valence-electron chi connectivity index (χ2n) is 7.21. The molecule has 24 heavy (non-hydrogen) atoms. The summed E-state index contributed by atoms with van der Waals surface area (Å²) in [7, 11) is 0. The van der Waals surface area contributed by atoms with Gasteiger partial charge < -0.3 is 10.6 Å². The summed E-state index contributed by atoms with van der Waals surface area (Å²) in [6, 6.07) is 6.13. The van der Waals surface area contributed by atoms with Crippen LogP contribution in [0.15, 0.2) is 18.2 Å². The van der Waals surface area contributed by atoms with E-state index >= 15 is 0 Å². The zero-order chi connectivity index (χ0) is 16.6. The van der Waals surface area contributed by atoms with E-state index in [1.807, 2.05) is 36.9 Å². The molecule has 1 aliphatic heterocycles. The monoisotopic (exact) mass is 350 g/mol. The van der Waals surface area contributed by atoms with Gasteiger partial charge in [-0.25, -0.2) is 0 Å². The number of carbonyl (C=O) groups excluding carboxylic acids is 2. The molecule has 0 spiro atoms. The quantitative estimate of drug-likeness (QED) is 0.849. The van der Waals surface area contributed by atoms with Gasteiger partial charge in [0.1, 0.15) is 0 Å². The molecule has 1 saturated heterocycles. The van der Waals surface area contributed by atoms with Crippen molar-refractivity contribution in [3.05, 3.63) is 34.9 Å². The van der Waals surface area contributed by atoms with Gasteiger partial charge in [0.15, 0.2) is 5.78 Å². The van der Waals surface area contributed by atoms with E-state index in [1.165, 1.54) is 0 Å². The second-order valence-corrected chi connectivity index (χ2v) is 7.21. The van der Waals surface area contributed by atoms with Crippen LogP contribution in [-0.4, -0.2) is 35.7 Å². The number of rotatable bonds is 4. The smallest absolute Gasteiger partial charge is 0.223 e. The van der Waals surface area contributed by atoms with Gasteiger partial charge in [-0.1, -0.05) is 17.7 Å². The fraction of sp³-hybridized carbons (Fsp3) is 0.579. The number of benzene rings is 1. The van der Waals surface area contributed by atoms with E-state index in [4.69, 9.17) is 5.73 Å². The SMILES string of the molecule is Cc1ccc(C)c(C(=O)CCC(=O)N2CC3CCC(N)C3C2)c1.Cl. The van der Waals surface area contributed by atoms with E-state index in [1.54, 1.807) is 0 Å². The van der Waals surface area contributed by atoms with Crippen molar-refractivity contribution in [2.45, 2.75) is 45.6 Å². The summed E-state index contributed by atoms with van der Waals surface area (Å²) in [5.41, 5.74) is 8.92. The summed E-state index contributed by atoms with van der Waals surface area (Å²) in [4.78, 5) is 26.7. The fourth-order valence-corrected chi connectivity index (χ4v) is 4.06. The molecule has 1 heterocycles. The zero-order valence-corrected chi connectivity index (χ0v) is 15.3. The number of amides is 1. The lowest BCUT2D eigenvalue weighted by molar-refractivity contribution is -0.130. The summed E-state index contributed by atoms with van der Waals surface area (Å²) in [5.74, 6) is 1.21. The number of nitrogens with two attached hydrogens (primary N) is 1. The van der Waals surface area contributed by atoms with Crippen molar-refractivity contribution in [3.63, 3.8) is 0 Å². The Hall–Kier alpha value is -1.39. The molecule has 4 nitrogen and oxygen atoms in total. The van der Waals surface area contributed by atoms with E-state index in [0.717, 1.165) is 42.6 Å². The zero-order valence-electron chi connectivity index (χ0n) is 14.5. The highest BCUT2D eigenvalue weighted by atomic mass is 35.5. The lowest BCUT2D eigenvalue weighted by atomic mass is 9.98. The van der Waals surface area contributed by atoms with Crippen molar-refractivity contribution < 1.29 is 9.59 Å². The van der Waals surface area contributed by atoms with Gasteiger partial charge in [0.05, 0.1) is 0 Å². The van der Waals surface area contributed by atoms with E-state index < -0.39 is 0 Å². The van der Waals surface area contributed by atoms with Crippen LogP contribution < -0.4 is 5.73 Å². The maximum atomic E-state index is 12.4. The number of aryl methyl sites for hydroxylation is 2. The van der Waals surface area contributed by atoms with Gasteiger partial charge in [-0.15, -0.1) is 12.4 Å². The number of carbonyl (C=O) groups is 2. The molecule has 2 fully saturated rings. The van der Waals surface area contributed by atoms with Gasteiger partial charge in [0.2, 0.25) is 5.91 Å². The molecule has 0 radical (unpaired) electrons. The standard InChI is InChI=1S/C19H26N2O2.ClH/c1-12-3-4-13(2)15(9-12)18(22)7-8-19(23)21-10-14-5-6-17(20)16(14)11-21;/h3-4,9,14,16-17H,5-8,10-11,20H2,1-2H3;1H. The molecule has 3 unspecified atom stereocenters. The number of halogens is 1. The van der Waals surface area contributed by atoms with Crippen LogP contribution in [0.4, 0.5) is 0 Å². The minimum absolute atomic E-state index is 0. The average molecular weight is 351 g/mol. The molecule has 132 valence electrons. The van der Waals surface area contributed by atoms with Gasteiger partial charge in [0.25, 0.3) is 0 Å². The normalized spacial score (nSPS) is 25.3. The summed E-state index contributed by atoms with van der Waals surface area (Å²) in [6.07, 6.45) is 2.82. The summed E-state index contributed by atoms with van der Waals surface area (Å²) < 4.78 is 0. The first-order valence-corrected chi connectivity index (χ1v) is 8.59. The Bertz CT molecular complexity index is 632. The minimum Gasteiger partial charge on any atom is -0.342 e. The Morgan fingerprint density at radius 3 is 2.62 bits per heavy atom. The van der Waals surface area contributed by atoms with Crippen LogP contribution in [0.2, 0.25) is 0 Å². The Morgan fingerprint density at radius 1 is 1.17 bits per heavy atom. The van der Waals surface area contributed by atoms with E-state index in [9.17, 15) is 9.59 Å². The van der Waals surface area contributed by atoms with Crippen LogP contribution in [0.3, 0.4) is 0 Å². The van der Waals surface area contributed by atoms with Crippen molar-refractivity contribution in [1.82, 2.24) is 4.90 Å². The van der Waals surface area contributed by atoms with Crippen LogP contribution in [0.1, 0.15) is 47.2 Å². The topological polar surface area (TPSA) is 63.4 Å². The number of hydrogen-bond donors (Lipinski definition) is 1. The van der Waals surface area contributed by atoms with Crippen molar-refractivity contribution in [1.29, 1.82) is 0 Å². The van der Waals surface area contributed by atoms with Crippen LogP contribution in [0.5, 0.6) is 0 Å². The maximum Gasteiger partial charge on any atom is 0.223 e. The number of likely N-dealkylation sites (tertiary alicyclic amines) is 1. The van der Waals surface area contributed by atoms with Crippen molar-refractivity contribution in [2.75, 3.05) is 13.1 Å².